The number of methoxy groups -OCH3 is 1. The Morgan fingerprint density at radius 1 is 1.22 bits per heavy atom. The number of nitrogens with zero attached hydrogens (tertiary/aromatic N) is 8. The van der Waals surface area contributed by atoms with Gasteiger partial charge >= 0.3 is 6.09 Å². The summed E-state index contributed by atoms with van der Waals surface area (Å²) in [6.07, 6.45) is 3.19. The quantitative estimate of drug-likeness (QED) is 0.511. The number of rotatable bonds is 6. The highest BCUT2D eigenvalue weighted by atomic mass is 35.5. The van der Waals surface area contributed by atoms with Crippen molar-refractivity contribution in [2.24, 2.45) is 0 Å². The summed E-state index contributed by atoms with van der Waals surface area (Å²) in [6, 6.07) is 7.98. The van der Waals surface area contributed by atoms with Crippen LogP contribution in [0.5, 0.6) is 0 Å². The van der Waals surface area contributed by atoms with Crippen LogP contribution in [0.1, 0.15) is 29.7 Å². The van der Waals surface area contributed by atoms with Gasteiger partial charge in [0.1, 0.15) is 6.07 Å². The van der Waals surface area contributed by atoms with E-state index in [2.05, 4.69) is 42.7 Å². The molecule has 3 heterocycles. The molecule has 1 amide bonds. The average molecular weight is 507 g/mol. The SMILES string of the molecule is COC(=O)N1CCN(Cc2cc(C#N)cc(Nc3nc(NC4CC4)c4ncc(C#N)n4n3)c2Cl)CC1. The molecule has 0 unspecified atom stereocenters. The van der Waals surface area contributed by atoms with Crippen LogP contribution in [0.3, 0.4) is 0 Å². The Morgan fingerprint density at radius 3 is 2.67 bits per heavy atom. The number of ether oxygens (including phenoxy) is 1. The fourth-order valence-electron chi connectivity index (χ4n) is 4.06. The van der Waals surface area contributed by atoms with Crippen molar-refractivity contribution in [3.05, 3.63) is 40.2 Å². The van der Waals surface area contributed by atoms with Crippen molar-refractivity contribution in [1.29, 1.82) is 10.5 Å². The minimum atomic E-state index is -0.337. The summed E-state index contributed by atoms with van der Waals surface area (Å²) in [5, 5.41) is 30.4. The van der Waals surface area contributed by atoms with Gasteiger partial charge in [-0.2, -0.15) is 20.0 Å². The van der Waals surface area contributed by atoms with Gasteiger partial charge in [0.2, 0.25) is 5.95 Å². The van der Waals surface area contributed by atoms with Crippen LogP contribution in [-0.4, -0.2) is 74.8 Å². The summed E-state index contributed by atoms with van der Waals surface area (Å²) in [7, 11) is 1.37. The van der Waals surface area contributed by atoms with Gasteiger partial charge in [0.25, 0.3) is 0 Å². The van der Waals surface area contributed by atoms with Crippen LogP contribution in [0.2, 0.25) is 5.02 Å². The van der Waals surface area contributed by atoms with E-state index in [4.69, 9.17) is 16.3 Å². The molecule has 2 aromatic heterocycles. The molecule has 12 nitrogen and oxygen atoms in total. The van der Waals surface area contributed by atoms with Crippen molar-refractivity contribution in [2.45, 2.75) is 25.4 Å². The van der Waals surface area contributed by atoms with Gasteiger partial charge in [-0.3, -0.25) is 4.90 Å². The summed E-state index contributed by atoms with van der Waals surface area (Å²) in [4.78, 5) is 24.4. The minimum Gasteiger partial charge on any atom is -0.453 e. The maximum atomic E-state index is 11.8. The number of nitrogens with one attached hydrogen (secondary N) is 2. The molecule has 36 heavy (non-hydrogen) atoms. The van der Waals surface area contributed by atoms with Crippen LogP contribution in [0.25, 0.3) is 5.65 Å². The summed E-state index contributed by atoms with van der Waals surface area (Å²) in [5.74, 6) is 0.738. The largest absolute Gasteiger partial charge is 0.453 e. The number of amides is 1. The molecule has 1 saturated heterocycles. The van der Waals surface area contributed by atoms with Gasteiger partial charge in [-0.15, -0.1) is 5.10 Å². The zero-order valence-corrected chi connectivity index (χ0v) is 20.3. The van der Waals surface area contributed by atoms with Gasteiger partial charge in [-0.25, -0.2) is 9.78 Å². The lowest BCUT2D eigenvalue weighted by Gasteiger charge is -2.34. The molecule has 2 N–H and O–H groups in total. The molecule has 0 atom stereocenters. The van der Waals surface area contributed by atoms with E-state index >= 15 is 0 Å². The Hall–Kier alpha value is -4.13. The standard InChI is InChI=1S/C23H23ClN10O2/c1-36-23(35)33-6-4-32(5-7-33)13-15-8-14(10-25)9-18(19(15)24)29-22-30-20(28-16-2-3-16)21-27-12-17(11-26)34(21)31-22/h8-9,12,16H,2-7,13H2,1H3,(H2,28,29,30,31). The van der Waals surface area contributed by atoms with E-state index in [9.17, 15) is 15.3 Å². The Morgan fingerprint density at radius 2 is 2.00 bits per heavy atom. The number of aromatic nitrogens is 4. The fourth-order valence-corrected chi connectivity index (χ4v) is 4.28. The number of piperazine rings is 1. The Balaban J connectivity index is 1.41. The monoisotopic (exact) mass is 506 g/mol. The normalized spacial score (nSPS) is 15.8. The Bertz CT molecular complexity index is 1400. The van der Waals surface area contributed by atoms with E-state index in [1.807, 2.05) is 0 Å². The van der Waals surface area contributed by atoms with Crippen LogP contribution in [-0.2, 0) is 11.3 Å². The van der Waals surface area contributed by atoms with Crippen molar-refractivity contribution in [3.63, 3.8) is 0 Å². The summed E-state index contributed by atoms with van der Waals surface area (Å²) in [5.41, 5.74) is 2.42. The first-order chi connectivity index (χ1) is 17.5. The number of fused-ring (bicyclic) bond motifs is 1. The highest BCUT2D eigenvalue weighted by molar-refractivity contribution is 6.34. The zero-order valence-electron chi connectivity index (χ0n) is 19.5. The molecular formula is C23H23ClN10O2. The lowest BCUT2D eigenvalue weighted by molar-refractivity contribution is 0.0889. The van der Waals surface area contributed by atoms with Gasteiger partial charge in [0.15, 0.2) is 17.2 Å². The highest BCUT2D eigenvalue weighted by Crippen LogP contribution is 2.32. The molecule has 2 fully saturated rings. The maximum absolute atomic E-state index is 11.8. The second-order valence-electron chi connectivity index (χ2n) is 8.66. The number of carbonyl (C=O) groups is 1. The molecule has 184 valence electrons. The molecule has 1 aliphatic carbocycles. The summed E-state index contributed by atoms with van der Waals surface area (Å²) >= 11 is 6.77. The number of hydrogen-bond donors (Lipinski definition) is 2. The first-order valence-electron chi connectivity index (χ1n) is 11.5. The van der Waals surface area contributed by atoms with E-state index in [0.717, 1.165) is 18.4 Å². The van der Waals surface area contributed by atoms with Crippen molar-refractivity contribution < 1.29 is 9.53 Å². The van der Waals surface area contributed by atoms with Crippen molar-refractivity contribution in [2.75, 3.05) is 43.9 Å². The number of nitriles is 2. The second kappa shape index (κ2) is 9.85. The summed E-state index contributed by atoms with van der Waals surface area (Å²) in [6.45, 7) is 2.90. The third-order valence-electron chi connectivity index (χ3n) is 6.12. The van der Waals surface area contributed by atoms with E-state index in [0.29, 0.717) is 66.5 Å². The number of anilines is 3. The number of hydrogen-bond acceptors (Lipinski definition) is 10. The van der Waals surface area contributed by atoms with Crippen molar-refractivity contribution in [3.8, 4) is 12.1 Å². The van der Waals surface area contributed by atoms with E-state index < -0.39 is 0 Å². The smallest absolute Gasteiger partial charge is 0.409 e. The van der Waals surface area contributed by atoms with Gasteiger partial charge in [-0.1, -0.05) is 11.6 Å². The molecule has 1 aromatic carbocycles. The van der Waals surface area contributed by atoms with Crippen LogP contribution in [0.15, 0.2) is 18.3 Å². The third-order valence-corrected chi connectivity index (χ3v) is 6.56. The lowest BCUT2D eigenvalue weighted by atomic mass is 10.1. The number of carbonyl (C=O) groups excluding carboxylic acids is 1. The van der Waals surface area contributed by atoms with Crippen molar-refractivity contribution >= 4 is 40.8 Å². The molecule has 5 rings (SSSR count). The average Bonchev–Trinajstić information content (AvgIpc) is 3.62. The Labute approximate surface area is 212 Å². The predicted octanol–water partition coefficient (Wildman–Crippen LogP) is 2.72. The second-order valence-corrected chi connectivity index (χ2v) is 9.04. The zero-order chi connectivity index (χ0) is 25.2. The lowest BCUT2D eigenvalue weighted by Crippen LogP contribution is -2.48. The molecule has 2 aliphatic rings. The van der Waals surface area contributed by atoms with E-state index in [1.54, 1.807) is 17.0 Å². The molecule has 3 aromatic rings. The molecule has 1 aliphatic heterocycles. The molecule has 1 saturated carbocycles. The van der Waals surface area contributed by atoms with Gasteiger partial charge < -0.3 is 20.3 Å². The van der Waals surface area contributed by atoms with Crippen LogP contribution >= 0.6 is 11.6 Å². The van der Waals surface area contributed by atoms with Gasteiger partial charge in [0, 0.05) is 38.8 Å². The first-order valence-corrected chi connectivity index (χ1v) is 11.8. The third kappa shape index (κ3) is 4.82. The minimum absolute atomic E-state index is 0.217. The van der Waals surface area contributed by atoms with Crippen LogP contribution in [0.4, 0.5) is 22.2 Å². The number of halogens is 1. The molecule has 0 radical (unpaired) electrons. The highest BCUT2D eigenvalue weighted by Gasteiger charge is 2.25. The molecule has 13 heteroatoms. The molecule has 0 spiro atoms. The van der Waals surface area contributed by atoms with E-state index in [-0.39, 0.29) is 17.7 Å². The number of benzene rings is 1. The Kier molecular flexibility index (Phi) is 6.46. The van der Waals surface area contributed by atoms with E-state index in [1.165, 1.54) is 17.8 Å². The van der Waals surface area contributed by atoms with Gasteiger partial charge in [0.05, 0.1) is 35.6 Å². The summed E-state index contributed by atoms with van der Waals surface area (Å²) < 4.78 is 6.23. The molecular weight excluding hydrogens is 484 g/mol. The number of imidazole rings is 1. The van der Waals surface area contributed by atoms with Gasteiger partial charge in [-0.05, 0) is 30.5 Å². The molecule has 0 bridgehead atoms. The fraction of sp³-hybridized carbons (Fsp3) is 0.391. The van der Waals surface area contributed by atoms with Crippen LogP contribution in [0, 0.1) is 22.7 Å². The van der Waals surface area contributed by atoms with Crippen molar-refractivity contribution in [1.82, 2.24) is 29.4 Å². The predicted molar refractivity (Wildman–Crippen MR) is 131 cm³/mol. The maximum Gasteiger partial charge on any atom is 0.409 e. The van der Waals surface area contributed by atoms with Crippen LogP contribution < -0.4 is 10.6 Å². The topological polar surface area (TPSA) is 148 Å². The first kappa shape index (κ1) is 23.6.